The van der Waals surface area contributed by atoms with Crippen LogP contribution in [-0.4, -0.2) is 62.6 Å². The van der Waals surface area contributed by atoms with Crippen LogP contribution in [0.15, 0.2) is 36.4 Å². The molecule has 3 N–H and O–H groups in total. The van der Waals surface area contributed by atoms with Crippen LogP contribution in [0.4, 0.5) is 0 Å². The predicted molar refractivity (Wildman–Crippen MR) is 121 cm³/mol. The van der Waals surface area contributed by atoms with Gasteiger partial charge in [-0.3, -0.25) is 19.0 Å². The average molecular weight is 453 g/mol. The Morgan fingerprint density at radius 3 is 2.36 bits per heavy atom. The molecule has 0 spiro atoms. The van der Waals surface area contributed by atoms with Gasteiger partial charge in [-0.2, -0.15) is 0 Å². The number of aromatic hydroxyl groups is 2. The number of hydroxylamine groups is 2. The lowest BCUT2D eigenvalue weighted by Crippen LogP contribution is -2.26. The van der Waals surface area contributed by atoms with Gasteiger partial charge >= 0.3 is 0 Å². The van der Waals surface area contributed by atoms with Crippen LogP contribution in [0, 0.1) is 0 Å². The van der Waals surface area contributed by atoms with Crippen molar-refractivity contribution in [2.24, 2.45) is 0 Å². The van der Waals surface area contributed by atoms with Gasteiger partial charge in [0, 0.05) is 30.9 Å². The first kappa shape index (κ1) is 23.7. The molecule has 0 radical (unpaired) electrons. The van der Waals surface area contributed by atoms with Crippen molar-refractivity contribution in [1.82, 2.24) is 25.1 Å². The van der Waals surface area contributed by atoms with Crippen LogP contribution < -0.4 is 5.32 Å². The van der Waals surface area contributed by atoms with Gasteiger partial charge in [0.15, 0.2) is 5.82 Å². The first-order chi connectivity index (χ1) is 15.7. The molecule has 0 unspecified atom stereocenters. The number of rotatable bonds is 7. The van der Waals surface area contributed by atoms with Crippen molar-refractivity contribution in [3.05, 3.63) is 53.3 Å². The molecule has 1 aromatic heterocycles. The molecule has 174 valence electrons. The molecule has 0 fully saturated rings. The molecule has 0 aliphatic heterocycles. The number of aromatic nitrogens is 3. The monoisotopic (exact) mass is 453 g/mol. The van der Waals surface area contributed by atoms with E-state index in [2.05, 4.69) is 15.5 Å². The molecule has 33 heavy (non-hydrogen) atoms. The number of benzene rings is 2. The highest BCUT2D eigenvalue weighted by molar-refractivity contribution is 5.94. The van der Waals surface area contributed by atoms with Crippen LogP contribution in [0.2, 0.25) is 0 Å². The lowest BCUT2D eigenvalue weighted by atomic mass is 9.98. The Labute approximate surface area is 191 Å². The summed E-state index contributed by atoms with van der Waals surface area (Å²) in [5.74, 6) is -0.825. The van der Waals surface area contributed by atoms with E-state index in [9.17, 15) is 19.8 Å². The lowest BCUT2D eigenvalue weighted by molar-refractivity contribution is -0.0756. The molecule has 0 saturated carbocycles. The van der Waals surface area contributed by atoms with Gasteiger partial charge in [-0.25, -0.2) is 5.06 Å². The van der Waals surface area contributed by atoms with Crippen LogP contribution in [0.25, 0.3) is 17.1 Å². The second-order valence-corrected chi connectivity index (χ2v) is 7.66. The third-order valence-corrected chi connectivity index (χ3v) is 5.14. The lowest BCUT2D eigenvalue weighted by Gasteiger charge is -2.16. The Hall–Kier alpha value is -3.92. The highest BCUT2D eigenvalue weighted by Gasteiger charge is 2.24. The summed E-state index contributed by atoms with van der Waals surface area (Å²) in [5, 5.41) is 32.8. The van der Waals surface area contributed by atoms with Gasteiger partial charge in [0.25, 0.3) is 11.8 Å². The van der Waals surface area contributed by atoms with Crippen LogP contribution in [0.5, 0.6) is 11.5 Å². The number of nitrogens with zero attached hydrogens (tertiary/aromatic N) is 4. The zero-order valence-corrected chi connectivity index (χ0v) is 19.2. The normalized spacial score (nSPS) is 11.0. The summed E-state index contributed by atoms with van der Waals surface area (Å²) in [6, 6.07) is 9.35. The minimum atomic E-state index is -0.446. The molecule has 0 aliphatic carbocycles. The third-order valence-electron chi connectivity index (χ3n) is 5.14. The highest BCUT2D eigenvalue weighted by atomic mass is 16.7. The summed E-state index contributed by atoms with van der Waals surface area (Å²) in [6.45, 7) is 5.99. The van der Waals surface area contributed by atoms with Gasteiger partial charge in [-0.15, -0.1) is 10.2 Å². The Balaban J connectivity index is 2.19. The van der Waals surface area contributed by atoms with Gasteiger partial charge < -0.3 is 15.5 Å². The second-order valence-electron chi connectivity index (χ2n) is 7.66. The van der Waals surface area contributed by atoms with E-state index in [1.807, 2.05) is 13.8 Å². The van der Waals surface area contributed by atoms with Crippen molar-refractivity contribution in [1.29, 1.82) is 0 Å². The molecule has 0 atom stereocenters. The Morgan fingerprint density at radius 2 is 1.79 bits per heavy atom. The standard InChI is InChI=1S/C23H27N5O5/c1-6-24-22(31)21-26-25-20(17-11-16(13(2)3)18(29)12-19(17)30)28(21)15-9-7-14(8-10-15)23(32)27(4)33-5/h7-13,29-30H,6H2,1-5H3,(H,24,31). The molecular formula is C23H27N5O5. The summed E-state index contributed by atoms with van der Waals surface area (Å²) < 4.78 is 1.50. The average Bonchev–Trinajstić information content (AvgIpc) is 3.23. The van der Waals surface area contributed by atoms with Crippen molar-refractivity contribution < 1.29 is 24.6 Å². The van der Waals surface area contributed by atoms with E-state index in [4.69, 9.17) is 4.84 Å². The Bertz CT molecular complexity index is 1170. The number of phenols is 2. The van der Waals surface area contributed by atoms with Crippen molar-refractivity contribution in [3.63, 3.8) is 0 Å². The van der Waals surface area contributed by atoms with Crippen molar-refractivity contribution in [2.45, 2.75) is 26.7 Å². The highest BCUT2D eigenvalue weighted by Crippen LogP contribution is 2.38. The fraction of sp³-hybridized carbons (Fsp3) is 0.304. The third kappa shape index (κ3) is 4.65. The number of phenolic OH excluding ortho intramolecular Hbond substituents is 2. The van der Waals surface area contributed by atoms with Gasteiger partial charge in [0.05, 0.1) is 12.7 Å². The van der Waals surface area contributed by atoms with Crippen LogP contribution in [-0.2, 0) is 4.84 Å². The molecule has 1 heterocycles. The molecule has 0 aliphatic rings. The predicted octanol–water partition coefficient (Wildman–Crippen LogP) is 2.85. The molecule has 2 aromatic carbocycles. The maximum absolute atomic E-state index is 12.7. The van der Waals surface area contributed by atoms with E-state index in [1.54, 1.807) is 37.3 Å². The van der Waals surface area contributed by atoms with Gasteiger partial charge in [-0.05, 0) is 48.7 Å². The molecule has 10 heteroatoms. The van der Waals surface area contributed by atoms with Gasteiger partial charge in [0.1, 0.15) is 11.5 Å². The first-order valence-corrected chi connectivity index (χ1v) is 10.4. The minimum absolute atomic E-state index is 0.0125. The SMILES string of the molecule is CCNC(=O)c1nnc(-c2cc(C(C)C)c(O)cc2O)n1-c1ccc(C(=O)N(C)OC)cc1. The van der Waals surface area contributed by atoms with Crippen molar-refractivity contribution >= 4 is 11.8 Å². The minimum Gasteiger partial charge on any atom is -0.508 e. The molecule has 3 rings (SSSR count). The number of hydrogen-bond donors (Lipinski definition) is 3. The van der Waals surface area contributed by atoms with E-state index in [0.29, 0.717) is 28.9 Å². The molecule has 2 amide bonds. The summed E-state index contributed by atoms with van der Waals surface area (Å²) in [5.41, 5.74) is 1.80. The summed E-state index contributed by atoms with van der Waals surface area (Å²) in [6.07, 6.45) is 0. The number of amides is 2. The fourth-order valence-electron chi connectivity index (χ4n) is 3.34. The van der Waals surface area contributed by atoms with Gasteiger partial charge in [0.2, 0.25) is 5.82 Å². The number of nitrogens with one attached hydrogen (secondary N) is 1. The quantitative estimate of drug-likeness (QED) is 0.469. The van der Waals surface area contributed by atoms with Crippen LogP contribution in [0.1, 0.15) is 53.2 Å². The van der Waals surface area contributed by atoms with Crippen LogP contribution >= 0.6 is 0 Å². The van der Waals surface area contributed by atoms with E-state index < -0.39 is 5.91 Å². The zero-order chi connectivity index (χ0) is 24.3. The number of hydrogen-bond acceptors (Lipinski definition) is 7. The van der Waals surface area contributed by atoms with Crippen molar-refractivity contribution in [2.75, 3.05) is 20.7 Å². The maximum Gasteiger partial charge on any atom is 0.289 e. The van der Waals surface area contributed by atoms with Crippen molar-refractivity contribution in [3.8, 4) is 28.6 Å². The van der Waals surface area contributed by atoms with E-state index in [1.165, 1.54) is 24.8 Å². The smallest absolute Gasteiger partial charge is 0.289 e. The topological polar surface area (TPSA) is 130 Å². The molecular weight excluding hydrogens is 426 g/mol. The number of carbonyl (C=O) groups is 2. The second kappa shape index (κ2) is 9.70. The van der Waals surface area contributed by atoms with E-state index in [0.717, 1.165) is 5.06 Å². The molecule has 0 saturated heterocycles. The van der Waals surface area contributed by atoms with Gasteiger partial charge in [-0.1, -0.05) is 13.8 Å². The van der Waals surface area contributed by atoms with E-state index in [-0.39, 0.29) is 35.0 Å². The Kier molecular flexibility index (Phi) is 6.98. The van der Waals surface area contributed by atoms with E-state index >= 15 is 0 Å². The zero-order valence-electron chi connectivity index (χ0n) is 19.2. The Morgan fingerprint density at radius 1 is 1.12 bits per heavy atom. The maximum atomic E-state index is 12.7. The molecule has 3 aromatic rings. The summed E-state index contributed by atoms with van der Waals surface area (Å²) in [7, 11) is 2.89. The molecule has 0 bridgehead atoms. The molecule has 10 nitrogen and oxygen atoms in total. The fourth-order valence-corrected chi connectivity index (χ4v) is 3.34. The largest absolute Gasteiger partial charge is 0.508 e. The summed E-state index contributed by atoms with van der Waals surface area (Å²) in [4.78, 5) is 30.0. The number of carbonyl (C=O) groups excluding carboxylic acids is 2. The summed E-state index contributed by atoms with van der Waals surface area (Å²) >= 11 is 0. The van der Waals surface area contributed by atoms with Crippen LogP contribution in [0.3, 0.4) is 0 Å². The first-order valence-electron chi connectivity index (χ1n) is 10.4.